The molecule has 0 atom stereocenters. The summed E-state index contributed by atoms with van der Waals surface area (Å²) in [6, 6.07) is 12.2. The smallest absolute Gasteiger partial charge is 0.313 e. The highest BCUT2D eigenvalue weighted by molar-refractivity contribution is 6.30. The highest BCUT2D eigenvalue weighted by Crippen LogP contribution is 2.33. The molecule has 0 unspecified atom stereocenters. The van der Waals surface area contributed by atoms with Crippen LogP contribution in [0.1, 0.15) is 18.4 Å². The van der Waals surface area contributed by atoms with E-state index in [1.165, 1.54) is 12.1 Å². The van der Waals surface area contributed by atoms with Crippen LogP contribution in [0.2, 0.25) is 5.02 Å². The van der Waals surface area contributed by atoms with E-state index in [1.54, 1.807) is 25.2 Å². The Kier molecular flexibility index (Phi) is 7.62. The van der Waals surface area contributed by atoms with Gasteiger partial charge in [-0.1, -0.05) is 23.7 Å². The number of nitro groups is 1. The summed E-state index contributed by atoms with van der Waals surface area (Å²) < 4.78 is 5.67. The Morgan fingerprint density at radius 3 is 2.57 bits per heavy atom. The van der Waals surface area contributed by atoms with Crippen LogP contribution < -0.4 is 15.4 Å². The number of benzene rings is 2. The van der Waals surface area contributed by atoms with Gasteiger partial charge in [-0.15, -0.1) is 0 Å². The molecule has 1 heterocycles. The van der Waals surface area contributed by atoms with Gasteiger partial charge < -0.3 is 15.4 Å². The molecule has 3 rings (SSSR count). The van der Waals surface area contributed by atoms with Crippen LogP contribution in [0.5, 0.6) is 11.5 Å². The minimum atomic E-state index is -0.514. The normalized spacial score (nSPS) is 15.0. The molecule has 2 aromatic rings. The SMILES string of the molecule is CNC(=O)CN1CCC(NCc2ccc(Oc3ccc(Cl)cc3[N+](=O)[O-])cc2)CC1. The first-order chi connectivity index (χ1) is 14.4. The standard InChI is InChI=1S/C21H25ClN4O4/c1-23-21(27)14-25-10-8-17(9-11-25)24-13-15-2-5-18(6-3-15)30-20-7-4-16(22)12-19(20)26(28)29/h2-7,12,17,24H,8-11,13-14H2,1H3,(H,23,27). The summed E-state index contributed by atoms with van der Waals surface area (Å²) >= 11 is 5.83. The second kappa shape index (κ2) is 10.4. The minimum Gasteiger partial charge on any atom is -0.450 e. The fourth-order valence-corrected chi connectivity index (χ4v) is 3.53. The molecule has 1 amide bonds. The third-order valence-electron chi connectivity index (χ3n) is 5.10. The van der Waals surface area contributed by atoms with Gasteiger partial charge in [-0.25, -0.2) is 0 Å². The molecule has 0 radical (unpaired) electrons. The van der Waals surface area contributed by atoms with Crippen LogP contribution in [0.4, 0.5) is 5.69 Å². The summed E-state index contributed by atoms with van der Waals surface area (Å²) in [7, 11) is 1.66. The number of likely N-dealkylation sites (tertiary alicyclic amines) is 1. The third-order valence-corrected chi connectivity index (χ3v) is 5.33. The Bertz CT molecular complexity index is 883. The molecule has 8 nitrogen and oxygen atoms in total. The molecular weight excluding hydrogens is 408 g/mol. The fourth-order valence-electron chi connectivity index (χ4n) is 3.36. The molecule has 0 aliphatic carbocycles. The first-order valence-corrected chi connectivity index (χ1v) is 10.2. The molecule has 0 bridgehead atoms. The number of ether oxygens (including phenoxy) is 1. The van der Waals surface area contributed by atoms with Crippen molar-refractivity contribution in [1.29, 1.82) is 0 Å². The van der Waals surface area contributed by atoms with E-state index < -0.39 is 4.92 Å². The number of likely N-dealkylation sites (N-methyl/N-ethyl adjacent to an activating group) is 1. The van der Waals surface area contributed by atoms with Gasteiger partial charge in [0, 0.05) is 43.8 Å². The third kappa shape index (κ3) is 6.16. The summed E-state index contributed by atoms with van der Waals surface area (Å²) in [5.74, 6) is 0.720. The number of hydrogen-bond acceptors (Lipinski definition) is 6. The number of nitrogens with one attached hydrogen (secondary N) is 2. The molecule has 0 saturated carbocycles. The number of carbonyl (C=O) groups excluding carboxylic acids is 1. The molecule has 2 N–H and O–H groups in total. The van der Waals surface area contributed by atoms with Gasteiger partial charge in [-0.05, 0) is 42.7 Å². The van der Waals surface area contributed by atoms with E-state index in [9.17, 15) is 14.9 Å². The Morgan fingerprint density at radius 2 is 1.93 bits per heavy atom. The molecule has 160 valence electrons. The Hall–Kier alpha value is -2.68. The lowest BCUT2D eigenvalue weighted by Gasteiger charge is -2.31. The van der Waals surface area contributed by atoms with Crippen molar-refractivity contribution in [2.45, 2.75) is 25.4 Å². The minimum absolute atomic E-state index is 0.0488. The Morgan fingerprint density at radius 1 is 1.23 bits per heavy atom. The van der Waals surface area contributed by atoms with Crippen LogP contribution in [-0.4, -0.2) is 48.5 Å². The number of hydrogen-bond donors (Lipinski definition) is 2. The molecule has 1 aliphatic rings. The van der Waals surface area contributed by atoms with Crippen molar-refractivity contribution in [2.24, 2.45) is 0 Å². The van der Waals surface area contributed by atoms with E-state index in [-0.39, 0.29) is 22.4 Å². The van der Waals surface area contributed by atoms with Crippen molar-refractivity contribution < 1.29 is 14.5 Å². The van der Waals surface area contributed by atoms with Crippen LogP contribution in [0, 0.1) is 10.1 Å². The lowest BCUT2D eigenvalue weighted by atomic mass is 10.0. The van der Waals surface area contributed by atoms with E-state index in [0.29, 0.717) is 18.3 Å². The van der Waals surface area contributed by atoms with Gasteiger partial charge in [-0.3, -0.25) is 19.8 Å². The van der Waals surface area contributed by atoms with Gasteiger partial charge in [0.05, 0.1) is 11.5 Å². The quantitative estimate of drug-likeness (QED) is 0.490. The highest BCUT2D eigenvalue weighted by atomic mass is 35.5. The molecular formula is C21H25ClN4O4. The zero-order valence-corrected chi connectivity index (χ0v) is 17.5. The van der Waals surface area contributed by atoms with E-state index in [4.69, 9.17) is 16.3 Å². The van der Waals surface area contributed by atoms with Gasteiger partial charge in [0.25, 0.3) is 0 Å². The number of carbonyl (C=O) groups is 1. The van der Waals surface area contributed by atoms with Crippen molar-refractivity contribution in [3.05, 3.63) is 63.2 Å². The monoisotopic (exact) mass is 432 g/mol. The maximum absolute atomic E-state index is 11.5. The summed E-state index contributed by atoms with van der Waals surface area (Å²) in [6.45, 7) is 2.98. The zero-order chi connectivity index (χ0) is 21.5. The molecule has 0 aromatic heterocycles. The summed E-state index contributed by atoms with van der Waals surface area (Å²) in [4.78, 5) is 24.3. The predicted molar refractivity (Wildman–Crippen MR) is 115 cm³/mol. The van der Waals surface area contributed by atoms with Crippen molar-refractivity contribution in [1.82, 2.24) is 15.5 Å². The van der Waals surface area contributed by atoms with Gasteiger partial charge in [0.15, 0.2) is 0 Å². The number of nitrogens with zero attached hydrogens (tertiary/aromatic N) is 2. The van der Waals surface area contributed by atoms with Crippen molar-refractivity contribution in [2.75, 3.05) is 26.7 Å². The van der Waals surface area contributed by atoms with Crippen LogP contribution in [0.15, 0.2) is 42.5 Å². The van der Waals surface area contributed by atoms with Crippen molar-refractivity contribution in [3.8, 4) is 11.5 Å². The topological polar surface area (TPSA) is 96.7 Å². The van der Waals surface area contributed by atoms with Crippen molar-refractivity contribution in [3.63, 3.8) is 0 Å². The van der Waals surface area contributed by atoms with Crippen LogP contribution in [0.3, 0.4) is 0 Å². The van der Waals surface area contributed by atoms with Gasteiger partial charge >= 0.3 is 5.69 Å². The van der Waals surface area contributed by atoms with Gasteiger partial charge in [0.1, 0.15) is 5.75 Å². The first-order valence-electron chi connectivity index (χ1n) is 9.81. The highest BCUT2D eigenvalue weighted by Gasteiger charge is 2.20. The molecule has 1 fully saturated rings. The molecule has 30 heavy (non-hydrogen) atoms. The van der Waals surface area contributed by atoms with Crippen LogP contribution >= 0.6 is 11.6 Å². The number of halogens is 1. The summed E-state index contributed by atoms with van der Waals surface area (Å²) in [5, 5.41) is 17.7. The first kappa shape index (κ1) is 22.0. The predicted octanol–water partition coefficient (Wildman–Crippen LogP) is 3.34. The number of amides is 1. The average Bonchev–Trinajstić information content (AvgIpc) is 2.75. The number of rotatable bonds is 8. The fraction of sp³-hybridized carbons (Fsp3) is 0.381. The Labute approximate surface area is 180 Å². The summed E-state index contributed by atoms with van der Waals surface area (Å²) in [6.07, 6.45) is 2.00. The van der Waals surface area contributed by atoms with Gasteiger partial charge in [0.2, 0.25) is 11.7 Å². The molecule has 1 aliphatic heterocycles. The number of piperidine rings is 1. The Balaban J connectivity index is 1.49. The number of nitro benzene ring substituents is 1. The molecule has 2 aromatic carbocycles. The average molecular weight is 433 g/mol. The molecule has 1 saturated heterocycles. The van der Waals surface area contributed by atoms with Gasteiger partial charge in [-0.2, -0.15) is 0 Å². The van der Waals surface area contributed by atoms with E-state index in [2.05, 4.69) is 15.5 Å². The molecule has 0 spiro atoms. The van der Waals surface area contributed by atoms with E-state index >= 15 is 0 Å². The van der Waals surface area contributed by atoms with Crippen LogP contribution in [-0.2, 0) is 11.3 Å². The maximum Gasteiger partial charge on any atom is 0.313 e. The second-order valence-electron chi connectivity index (χ2n) is 7.22. The van der Waals surface area contributed by atoms with Crippen molar-refractivity contribution >= 4 is 23.2 Å². The molecule has 9 heteroatoms. The second-order valence-corrected chi connectivity index (χ2v) is 7.66. The lowest BCUT2D eigenvalue weighted by Crippen LogP contribution is -2.45. The maximum atomic E-state index is 11.5. The van der Waals surface area contributed by atoms with E-state index in [1.807, 2.05) is 12.1 Å². The van der Waals surface area contributed by atoms with Crippen LogP contribution in [0.25, 0.3) is 0 Å². The largest absolute Gasteiger partial charge is 0.450 e. The van der Waals surface area contributed by atoms with E-state index in [0.717, 1.165) is 38.0 Å². The summed E-state index contributed by atoms with van der Waals surface area (Å²) in [5.41, 5.74) is 0.928. The lowest BCUT2D eigenvalue weighted by molar-refractivity contribution is -0.385. The zero-order valence-electron chi connectivity index (χ0n) is 16.8.